The largest absolute Gasteiger partial charge is 0.314 e. The molecule has 17 heavy (non-hydrogen) atoms. The number of guanidine groups is 1. The maximum absolute atomic E-state index is 5.52. The van der Waals surface area contributed by atoms with Crippen LogP contribution in [0.15, 0.2) is 23.2 Å². The lowest BCUT2D eigenvalue weighted by molar-refractivity contribution is 0.809. The first-order chi connectivity index (χ1) is 7.95. The Morgan fingerprint density at radius 3 is 2.47 bits per heavy atom. The number of anilines is 1. The average molecular weight is 234 g/mol. The molecule has 0 saturated heterocycles. The lowest BCUT2D eigenvalue weighted by Crippen LogP contribution is -2.43. The summed E-state index contributed by atoms with van der Waals surface area (Å²) >= 11 is 0. The molecule has 0 spiro atoms. The zero-order valence-electron chi connectivity index (χ0n) is 11.3. The summed E-state index contributed by atoms with van der Waals surface area (Å²) in [7, 11) is 1.96. The van der Waals surface area contributed by atoms with Gasteiger partial charge in [-0.3, -0.25) is 5.43 Å². The zero-order valence-corrected chi connectivity index (χ0v) is 11.3. The molecule has 0 aliphatic heterocycles. The fraction of sp³-hybridized carbons (Fsp3) is 0.462. The number of nitrogens with zero attached hydrogens (tertiary/aromatic N) is 2. The average Bonchev–Trinajstić information content (AvgIpc) is 2.24. The smallest absolute Gasteiger partial charge is 0.212 e. The van der Waals surface area contributed by atoms with Gasteiger partial charge in [-0.25, -0.2) is 10.8 Å². The Hall–Kier alpha value is -1.55. The van der Waals surface area contributed by atoms with E-state index in [-0.39, 0.29) is 6.04 Å². The van der Waals surface area contributed by atoms with Crippen LogP contribution in [-0.4, -0.2) is 19.0 Å². The van der Waals surface area contributed by atoms with E-state index in [0.717, 1.165) is 5.69 Å². The van der Waals surface area contributed by atoms with E-state index in [1.807, 2.05) is 25.8 Å². The Kier molecular flexibility index (Phi) is 4.52. The van der Waals surface area contributed by atoms with E-state index in [1.165, 1.54) is 11.1 Å². The van der Waals surface area contributed by atoms with Crippen LogP contribution in [-0.2, 0) is 0 Å². The molecule has 0 aliphatic rings. The van der Waals surface area contributed by atoms with Crippen LogP contribution < -0.4 is 16.2 Å². The molecule has 0 aliphatic carbocycles. The van der Waals surface area contributed by atoms with Crippen molar-refractivity contribution < 1.29 is 0 Å². The van der Waals surface area contributed by atoms with E-state index < -0.39 is 0 Å². The summed E-state index contributed by atoms with van der Waals surface area (Å²) in [4.78, 5) is 6.41. The summed E-state index contributed by atoms with van der Waals surface area (Å²) < 4.78 is 0. The highest BCUT2D eigenvalue weighted by Gasteiger charge is 2.10. The molecule has 4 heteroatoms. The quantitative estimate of drug-likeness (QED) is 0.356. The van der Waals surface area contributed by atoms with Gasteiger partial charge in [0.15, 0.2) is 0 Å². The van der Waals surface area contributed by atoms with Gasteiger partial charge in [0.2, 0.25) is 5.96 Å². The van der Waals surface area contributed by atoms with Crippen molar-refractivity contribution in [3.63, 3.8) is 0 Å². The minimum absolute atomic E-state index is 0.203. The van der Waals surface area contributed by atoms with Crippen LogP contribution in [0.4, 0.5) is 5.69 Å². The minimum Gasteiger partial charge on any atom is -0.314 e. The highest BCUT2D eigenvalue weighted by atomic mass is 15.4. The van der Waals surface area contributed by atoms with Crippen LogP contribution in [0, 0.1) is 13.8 Å². The maximum Gasteiger partial charge on any atom is 0.212 e. The number of aryl methyl sites for hydroxylation is 2. The predicted octanol–water partition coefficient (Wildman–Crippen LogP) is 1.97. The van der Waals surface area contributed by atoms with Gasteiger partial charge in [0.1, 0.15) is 0 Å². The Morgan fingerprint density at radius 1 is 1.35 bits per heavy atom. The second kappa shape index (κ2) is 5.68. The Labute approximate surface area is 104 Å². The normalized spacial score (nSPS) is 11.8. The first-order valence-corrected chi connectivity index (χ1v) is 5.81. The van der Waals surface area contributed by atoms with Gasteiger partial charge in [-0.05, 0) is 39.3 Å². The molecule has 0 atom stereocenters. The predicted molar refractivity (Wildman–Crippen MR) is 74.2 cm³/mol. The van der Waals surface area contributed by atoms with E-state index >= 15 is 0 Å². The summed E-state index contributed by atoms with van der Waals surface area (Å²) in [5.74, 6) is 6.19. The fourth-order valence-electron chi connectivity index (χ4n) is 1.76. The Bertz CT molecular complexity index is 410. The summed E-state index contributed by atoms with van der Waals surface area (Å²) in [6.07, 6.45) is 0. The fourth-order valence-corrected chi connectivity index (χ4v) is 1.76. The van der Waals surface area contributed by atoms with Crippen LogP contribution in [0.2, 0.25) is 0 Å². The molecular formula is C13H22N4. The van der Waals surface area contributed by atoms with Gasteiger partial charge in [-0.1, -0.05) is 17.7 Å². The summed E-state index contributed by atoms with van der Waals surface area (Å²) in [5.41, 5.74) is 6.21. The van der Waals surface area contributed by atoms with E-state index in [4.69, 9.17) is 5.84 Å². The first kappa shape index (κ1) is 13.5. The maximum atomic E-state index is 5.52. The summed E-state index contributed by atoms with van der Waals surface area (Å²) in [6.45, 7) is 8.21. The molecule has 0 amide bonds. The molecule has 0 aromatic heterocycles. The lowest BCUT2D eigenvalue weighted by Gasteiger charge is -2.23. The van der Waals surface area contributed by atoms with E-state index in [1.54, 1.807) is 0 Å². The van der Waals surface area contributed by atoms with Gasteiger partial charge < -0.3 is 4.90 Å². The summed E-state index contributed by atoms with van der Waals surface area (Å²) in [5, 5.41) is 0. The van der Waals surface area contributed by atoms with Crippen molar-refractivity contribution in [2.24, 2.45) is 10.8 Å². The highest BCUT2D eigenvalue weighted by Crippen LogP contribution is 2.19. The van der Waals surface area contributed by atoms with Gasteiger partial charge in [-0.15, -0.1) is 0 Å². The topological polar surface area (TPSA) is 53.6 Å². The molecule has 0 unspecified atom stereocenters. The van der Waals surface area contributed by atoms with Crippen molar-refractivity contribution in [3.8, 4) is 0 Å². The monoisotopic (exact) mass is 234 g/mol. The molecular weight excluding hydrogens is 212 g/mol. The number of nitrogens with two attached hydrogens (primary N) is 1. The third-order valence-electron chi connectivity index (χ3n) is 2.54. The number of benzene rings is 1. The van der Waals surface area contributed by atoms with E-state index in [9.17, 15) is 0 Å². The molecule has 0 bridgehead atoms. The van der Waals surface area contributed by atoms with Gasteiger partial charge >= 0.3 is 0 Å². The van der Waals surface area contributed by atoms with Gasteiger partial charge in [-0.2, -0.15) is 0 Å². The van der Waals surface area contributed by atoms with Crippen molar-refractivity contribution in [2.45, 2.75) is 33.7 Å². The van der Waals surface area contributed by atoms with Crippen LogP contribution in [0.1, 0.15) is 25.0 Å². The number of hydrogen-bond donors (Lipinski definition) is 2. The molecule has 1 aromatic rings. The van der Waals surface area contributed by atoms with Gasteiger partial charge in [0, 0.05) is 18.8 Å². The van der Waals surface area contributed by atoms with E-state index in [2.05, 4.69) is 42.5 Å². The summed E-state index contributed by atoms with van der Waals surface area (Å²) in [6, 6.07) is 6.52. The van der Waals surface area contributed by atoms with Crippen LogP contribution in [0.3, 0.4) is 0 Å². The number of hydrogen-bond acceptors (Lipinski definition) is 2. The Morgan fingerprint density at radius 2 is 2.00 bits per heavy atom. The van der Waals surface area contributed by atoms with Gasteiger partial charge in [0.05, 0.1) is 0 Å². The Balaban J connectivity index is 3.06. The third-order valence-corrected chi connectivity index (χ3v) is 2.54. The van der Waals surface area contributed by atoms with Crippen molar-refractivity contribution in [1.82, 2.24) is 5.43 Å². The molecule has 1 aromatic carbocycles. The zero-order chi connectivity index (χ0) is 13.0. The molecule has 0 radical (unpaired) electrons. The number of hydrazine groups is 1. The highest BCUT2D eigenvalue weighted by molar-refractivity contribution is 5.95. The molecule has 0 heterocycles. The number of nitrogens with one attached hydrogen (secondary N) is 1. The number of aliphatic imine (C=N–C) groups is 1. The van der Waals surface area contributed by atoms with Crippen molar-refractivity contribution in [1.29, 1.82) is 0 Å². The van der Waals surface area contributed by atoms with Crippen molar-refractivity contribution in [2.75, 3.05) is 11.9 Å². The SMILES string of the molecule is Cc1ccc(N(C)C(=NC(C)C)NN)c(C)c1. The van der Waals surface area contributed by atoms with E-state index in [0.29, 0.717) is 5.96 Å². The molecule has 94 valence electrons. The van der Waals surface area contributed by atoms with Crippen molar-refractivity contribution in [3.05, 3.63) is 29.3 Å². The first-order valence-electron chi connectivity index (χ1n) is 5.81. The third kappa shape index (κ3) is 3.46. The molecule has 1 rings (SSSR count). The second-order valence-corrected chi connectivity index (χ2v) is 4.54. The molecule has 0 fully saturated rings. The van der Waals surface area contributed by atoms with Crippen LogP contribution >= 0.6 is 0 Å². The molecule has 0 saturated carbocycles. The number of rotatable bonds is 2. The minimum atomic E-state index is 0.203. The lowest BCUT2D eigenvalue weighted by atomic mass is 10.1. The van der Waals surface area contributed by atoms with Crippen LogP contribution in [0.25, 0.3) is 0 Å². The molecule has 4 nitrogen and oxygen atoms in total. The standard InChI is InChI=1S/C13H22N4/c1-9(2)15-13(16-14)17(5)12-7-6-10(3)8-11(12)4/h6-9H,14H2,1-5H3,(H,15,16). The second-order valence-electron chi connectivity index (χ2n) is 4.54. The molecule has 3 N–H and O–H groups in total. The van der Waals surface area contributed by atoms with Crippen molar-refractivity contribution >= 4 is 11.6 Å². The van der Waals surface area contributed by atoms with Gasteiger partial charge in [0.25, 0.3) is 0 Å². The van der Waals surface area contributed by atoms with Crippen LogP contribution in [0.5, 0.6) is 0 Å².